The summed E-state index contributed by atoms with van der Waals surface area (Å²) in [5.41, 5.74) is 5.32. The van der Waals surface area contributed by atoms with Gasteiger partial charge in [-0.1, -0.05) is 12.8 Å². The van der Waals surface area contributed by atoms with Crippen molar-refractivity contribution in [2.45, 2.75) is 57.5 Å². The summed E-state index contributed by atoms with van der Waals surface area (Å²) in [6.07, 6.45) is 6.23. The molecule has 0 bridgehead atoms. The van der Waals surface area contributed by atoms with E-state index in [1.807, 2.05) is 6.92 Å². The Labute approximate surface area is 114 Å². The summed E-state index contributed by atoms with van der Waals surface area (Å²) in [7, 11) is 0. The second kappa shape index (κ2) is 6.37. The average Bonchev–Trinajstić information content (AvgIpc) is 2.90. The van der Waals surface area contributed by atoms with Crippen LogP contribution in [0.5, 0.6) is 0 Å². The van der Waals surface area contributed by atoms with E-state index in [9.17, 15) is 9.59 Å². The van der Waals surface area contributed by atoms with Crippen molar-refractivity contribution >= 4 is 11.8 Å². The molecule has 1 saturated heterocycles. The lowest BCUT2D eigenvalue weighted by molar-refractivity contribution is -0.128. The minimum atomic E-state index is -0.206. The van der Waals surface area contributed by atoms with E-state index < -0.39 is 0 Å². The third kappa shape index (κ3) is 3.69. The van der Waals surface area contributed by atoms with Crippen LogP contribution in [0.2, 0.25) is 0 Å². The minimum absolute atomic E-state index is 0.0126. The van der Waals surface area contributed by atoms with Crippen LogP contribution < -0.4 is 11.1 Å². The van der Waals surface area contributed by atoms with E-state index in [-0.39, 0.29) is 23.8 Å². The lowest BCUT2D eigenvalue weighted by atomic mass is 9.95. The maximum atomic E-state index is 12.2. The number of nitrogens with two attached hydrogens (primary N) is 1. The molecule has 2 amide bonds. The van der Waals surface area contributed by atoms with Gasteiger partial charge in [-0.05, 0) is 45.7 Å². The molecular formula is C14H25N3O2. The summed E-state index contributed by atoms with van der Waals surface area (Å²) >= 11 is 0. The molecule has 108 valence electrons. The zero-order valence-electron chi connectivity index (χ0n) is 11.7. The summed E-state index contributed by atoms with van der Waals surface area (Å²) in [5, 5.41) is 3.14. The number of likely N-dealkylation sites (tertiary alicyclic amines) is 1. The molecule has 0 aromatic heterocycles. The van der Waals surface area contributed by atoms with Crippen molar-refractivity contribution in [2.24, 2.45) is 11.7 Å². The van der Waals surface area contributed by atoms with Crippen molar-refractivity contribution in [2.75, 3.05) is 13.1 Å². The number of carbonyl (C=O) groups is 2. The summed E-state index contributed by atoms with van der Waals surface area (Å²) in [4.78, 5) is 25.4. The Kier molecular flexibility index (Phi) is 4.80. The van der Waals surface area contributed by atoms with Gasteiger partial charge in [0.2, 0.25) is 11.8 Å². The van der Waals surface area contributed by atoms with Crippen LogP contribution >= 0.6 is 0 Å². The van der Waals surface area contributed by atoms with E-state index in [0.29, 0.717) is 6.04 Å². The van der Waals surface area contributed by atoms with Crippen LogP contribution in [-0.2, 0) is 9.59 Å². The molecule has 5 nitrogen and oxygen atoms in total. The second-order valence-electron chi connectivity index (χ2n) is 5.88. The van der Waals surface area contributed by atoms with Gasteiger partial charge in [-0.15, -0.1) is 0 Å². The summed E-state index contributed by atoms with van der Waals surface area (Å²) in [5.74, 6) is -0.0894. The quantitative estimate of drug-likeness (QED) is 0.784. The molecule has 1 heterocycles. The number of nitrogens with zero attached hydrogens (tertiary/aromatic N) is 1. The standard InChI is InChI=1S/C14H25N3O2/c1-10(14(19)16-12-4-2-3-5-12)17-8-6-11(7-9-17)13(15)18/h10-12H,2-9H2,1H3,(H2,15,18)(H,16,19)/t10-/m0/s1. The van der Waals surface area contributed by atoms with Crippen LogP contribution in [0.4, 0.5) is 0 Å². The number of nitrogens with one attached hydrogen (secondary N) is 1. The first-order valence-electron chi connectivity index (χ1n) is 7.41. The van der Waals surface area contributed by atoms with Crippen molar-refractivity contribution in [1.82, 2.24) is 10.2 Å². The molecule has 1 atom stereocenters. The van der Waals surface area contributed by atoms with Crippen LogP contribution in [0.3, 0.4) is 0 Å². The molecule has 2 rings (SSSR count). The number of hydrogen-bond acceptors (Lipinski definition) is 3. The van der Waals surface area contributed by atoms with Crippen LogP contribution in [-0.4, -0.2) is 41.9 Å². The van der Waals surface area contributed by atoms with Crippen LogP contribution in [0, 0.1) is 5.92 Å². The number of rotatable bonds is 4. The molecule has 1 aliphatic carbocycles. The van der Waals surface area contributed by atoms with Crippen molar-refractivity contribution in [3.05, 3.63) is 0 Å². The average molecular weight is 267 g/mol. The maximum absolute atomic E-state index is 12.2. The van der Waals surface area contributed by atoms with E-state index >= 15 is 0 Å². The predicted molar refractivity (Wildman–Crippen MR) is 73.4 cm³/mol. The molecule has 2 fully saturated rings. The topological polar surface area (TPSA) is 75.4 Å². The first kappa shape index (κ1) is 14.3. The molecule has 19 heavy (non-hydrogen) atoms. The Morgan fingerprint density at radius 2 is 1.74 bits per heavy atom. The van der Waals surface area contributed by atoms with Crippen molar-refractivity contribution < 1.29 is 9.59 Å². The highest BCUT2D eigenvalue weighted by atomic mass is 16.2. The van der Waals surface area contributed by atoms with Crippen molar-refractivity contribution in [3.63, 3.8) is 0 Å². The largest absolute Gasteiger partial charge is 0.369 e. The molecule has 3 N–H and O–H groups in total. The Hall–Kier alpha value is -1.10. The molecule has 0 aromatic carbocycles. The first-order chi connectivity index (χ1) is 9.08. The van der Waals surface area contributed by atoms with E-state index in [1.165, 1.54) is 12.8 Å². The van der Waals surface area contributed by atoms with Crippen LogP contribution in [0.25, 0.3) is 0 Å². The minimum Gasteiger partial charge on any atom is -0.369 e. The highest BCUT2D eigenvalue weighted by molar-refractivity contribution is 5.81. The van der Waals surface area contributed by atoms with Gasteiger partial charge in [-0.25, -0.2) is 0 Å². The monoisotopic (exact) mass is 267 g/mol. The zero-order chi connectivity index (χ0) is 13.8. The van der Waals surface area contributed by atoms with Gasteiger partial charge in [0, 0.05) is 12.0 Å². The Morgan fingerprint density at radius 3 is 2.26 bits per heavy atom. The number of hydrogen-bond donors (Lipinski definition) is 2. The fourth-order valence-corrected chi connectivity index (χ4v) is 3.13. The fourth-order valence-electron chi connectivity index (χ4n) is 3.13. The third-order valence-corrected chi connectivity index (χ3v) is 4.56. The van der Waals surface area contributed by atoms with Gasteiger partial charge < -0.3 is 11.1 Å². The molecule has 1 aliphatic heterocycles. The lowest BCUT2D eigenvalue weighted by Gasteiger charge is -2.34. The van der Waals surface area contributed by atoms with E-state index in [4.69, 9.17) is 5.73 Å². The molecule has 0 aromatic rings. The Bertz CT molecular complexity index is 332. The number of piperidine rings is 1. The first-order valence-corrected chi connectivity index (χ1v) is 7.41. The molecule has 0 radical (unpaired) electrons. The molecule has 5 heteroatoms. The van der Waals surface area contributed by atoms with E-state index in [2.05, 4.69) is 10.2 Å². The Morgan fingerprint density at radius 1 is 1.16 bits per heavy atom. The molecule has 1 saturated carbocycles. The highest BCUT2D eigenvalue weighted by Gasteiger charge is 2.29. The number of amides is 2. The van der Waals surface area contributed by atoms with Crippen molar-refractivity contribution in [3.8, 4) is 0 Å². The highest BCUT2D eigenvalue weighted by Crippen LogP contribution is 2.20. The third-order valence-electron chi connectivity index (χ3n) is 4.56. The normalized spacial score (nSPS) is 24.3. The van der Waals surface area contributed by atoms with Gasteiger partial charge in [-0.2, -0.15) is 0 Å². The van der Waals surface area contributed by atoms with E-state index in [1.54, 1.807) is 0 Å². The van der Waals surface area contributed by atoms with Gasteiger partial charge >= 0.3 is 0 Å². The Balaban J connectivity index is 1.78. The number of carbonyl (C=O) groups excluding carboxylic acids is 2. The fraction of sp³-hybridized carbons (Fsp3) is 0.857. The van der Waals surface area contributed by atoms with Crippen LogP contribution in [0.15, 0.2) is 0 Å². The molecule has 2 aliphatic rings. The maximum Gasteiger partial charge on any atom is 0.237 e. The SMILES string of the molecule is C[C@@H](C(=O)NC1CCCC1)N1CCC(C(N)=O)CC1. The summed E-state index contributed by atoms with van der Waals surface area (Å²) < 4.78 is 0. The zero-order valence-corrected chi connectivity index (χ0v) is 11.7. The van der Waals surface area contributed by atoms with Gasteiger partial charge in [0.1, 0.15) is 0 Å². The smallest absolute Gasteiger partial charge is 0.237 e. The van der Waals surface area contributed by atoms with Crippen molar-refractivity contribution in [1.29, 1.82) is 0 Å². The molecule has 0 spiro atoms. The molecular weight excluding hydrogens is 242 g/mol. The summed E-state index contributed by atoms with van der Waals surface area (Å²) in [6.45, 7) is 3.52. The predicted octanol–water partition coefficient (Wildman–Crippen LogP) is 0.631. The number of primary amides is 1. The van der Waals surface area contributed by atoms with Crippen LogP contribution in [0.1, 0.15) is 45.4 Å². The van der Waals surface area contributed by atoms with Gasteiger partial charge in [-0.3, -0.25) is 14.5 Å². The van der Waals surface area contributed by atoms with E-state index in [0.717, 1.165) is 38.8 Å². The lowest BCUT2D eigenvalue weighted by Crippen LogP contribution is -2.51. The van der Waals surface area contributed by atoms with Gasteiger partial charge in [0.15, 0.2) is 0 Å². The second-order valence-corrected chi connectivity index (χ2v) is 5.88. The van der Waals surface area contributed by atoms with Gasteiger partial charge in [0.25, 0.3) is 0 Å². The van der Waals surface area contributed by atoms with Gasteiger partial charge in [0.05, 0.1) is 6.04 Å². The summed E-state index contributed by atoms with van der Waals surface area (Å²) in [6, 6.07) is 0.271. The molecule has 0 unspecified atom stereocenters.